The SMILES string of the molecule is CCCC(CCO)CNCC(=O)Nc1ccc(C)cc1. The summed E-state index contributed by atoms with van der Waals surface area (Å²) in [6, 6.07) is 7.75. The quantitative estimate of drug-likeness (QED) is 0.649. The summed E-state index contributed by atoms with van der Waals surface area (Å²) in [5, 5.41) is 15.0. The molecule has 0 aliphatic heterocycles. The van der Waals surface area contributed by atoms with Gasteiger partial charge in [-0.25, -0.2) is 0 Å². The van der Waals surface area contributed by atoms with Crippen LogP contribution in [0.4, 0.5) is 5.69 Å². The lowest BCUT2D eigenvalue weighted by Crippen LogP contribution is -2.32. The number of anilines is 1. The Morgan fingerprint density at radius 3 is 2.55 bits per heavy atom. The maximum Gasteiger partial charge on any atom is 0.238 e. The van der Waals surface area contributed by atoms with Gasteiger partial charge in [0.2, 0.25) is 5.91 Å². The van der Waals surface area contributed by atoms with Crippen LogP contribution in [0.25, 0.3) is 0 Å². The zero-order chi connectivity index (χ0) is 14.8. The fraction of sp³-hybridized carbons (Fsp3) is 0.562. The minimum absolute atomic E-state index is 0.0342. The van der Waals surface area contributed by atoms with Crippen LogP contribution in [0, 0.1) is 12.8 Å². The first-order valence-electron chi connectivity index (χ1n) is 7.33. The molecule has 112 valence electrons. The minimum atomic E-state index is -0.0342. The van der Waals surface area contributed by atoms with Crippen molar-refractivity contribution in [1.82, 2.24) is 5.32 Å². The molecule has 1 amide bonds. The second-order valence-electron chi connectivity index (χ2n) is 5.21. The Morgan fingerprint density at radius 2 is 1.95 bits per heavy atom. The molecule has 1 unspecified atom stereocenters. The molecule has 0 aliphatic carbocycles. The van der Waals surface area contributed by atoms with E-state index in [4.69, 9.17) is 5.11 Å². The lowest BCUT2D eigenvalue weighted by molar-refractivity contribution is -0.115. The summed E-state index contributed by atoms with van der Waals surface area (Å²) in [5.41, 5.74) is 2.00. The van der Waals surface area contributed by atoms with Crippen LogP contribution in [-0.2, 0) is 4.79 Å². The molecule has 0 aliphatic rings. The average molecular weight is 278 g/mol. The van der Waals surface area contributed by atoms with Crippen molar-refractivity contribution in [2.75, 3.05) is 25.0 Å². The third-order valence-electron chi connectivity index (χ3n) is 3.29. The van der Waals surface area contributed by atoms with E-state index in [0.717, 1.165) is 31.5 Å². The average Bonchev–Trinajstić information content (AvgIpc) is 2.42. The zero-order valence-electron chi connectivity index (χ0n) is 12.5. The van der Waals surface area contributed by atoms with Crippen LogP contribution in [0.2, 0.25) is 0 Å². The molecule has 0 bridgehead atoms. The predicted molar refractivity (Wildman–Crippen MR) is 82.8 cm³/mol. The molecule has 4 heteroatoms. The lowest BCUT2D eigenvalue weighted by Gasteiger charge is -2.15. The number of benzene rings is 1. The van der Waals surface area contributed by atoms with Crippen LogP contribution >= 0.6 is 0 Å². The second-order valence-corrected chi connectivity index (χ2v) is 5.21. The summed E-state index contributed by atoms with van der Waals surface area (Å²) >= 11 is 0. The largest absolute Gasteiger partial charge is 0.396 e. The lowest BCUT2D eigenvalue weighted by atomic mass is 10.0. The van der Waals surface area contributed by atoms with Gasteiger partial charge in [0, 0.05) is 12.3 Å². The van der Waals surface area contributed by atoms with E-state index >= 15 is 0 Å². The van der Waals surface area contributed by atoms with Crippen molar-refractivity contribution in [2.45, 2.75) is 33.1 Å². The Morgan fingerprint density at radius 1 is 1.25 bits per heavy atom. The maximum atomic E-state index is 11.8. The number of carbonyl (C=O) groups excluding carboxylic acids is 1. The van der Waals surface area contributed by atoms with E-state index in [0.29, 0.717) is 12.5 Å². The van der Waals surface area contributed by atoms with E-state index in [9.17, 15) is 4.79 Å². The first kappa shape index (κ1) is 16.7. The molecule has 0 radical (unpaired) electrons. The van der Waals surface area contributed by atoms with Gasteiger partial charge < -0.3 is 15.7 Å². The molecule has 1 atom stereocenters. The molecule has 20 heavy (non-hydrogen) atoms. The molecule has 0 saturated carbocycles. The number of aliphatic hydroxyl groups is 1. The molecule has 3 N–H and O–H groups in total. The number of rotatable bonds is 9. The van der Waals surface area contributed by atoms with Crippen molar-refractivity contribution < 1.29 is 9.90 Å². The molecule has 0 heterocycles. The Bertz CT molecular complexity index is 384. The number of amides is 1. The summed E-state index contributed by atoms with van der Waals surface area (Å²) in [6.07, 6.45) is 2.97. The number of nitrogens with one attached hydrogen (secondary N) is 2. The number of hydrogen-bond acceptors (Lipinski definition) is 3. The van der Waals surface area contributed by atoms with Crippen LogP contribution in [-0.4, -0.2) is 30.7 Å². The van der Waals surface area contributed by atoms with Gasteiger partial charge in [0.15, 0.2) is 0 Å². The molecular formula is C16H26N2O2. The second kappa shape index (κ2) is 9.50. The maximum absolute atomic E-state index is 11.8. The fourth-order valence-corrected chi connectivity index (χ4v) is 2.17. The Balaban J connectivity index is 2.26. The molecule has 1 aromatic rings. The van der Waals surface area contributed by atoms with E-state index in [1.54, 1.807) is 0 Å². The number of aliphatic hydroxyl groups excluding tert-OH is 1. The first-order chi connectivity index (χ1) is 9.65. The van der Waals surface area contributed by atoms with Gasteiger partial charge in [-0.15, -0.1) is 0 Å². The van der Waals surface area contributed by atoms with E-state index in [1.807, 2.05) is 31.2 Å². The van der Waals surface area contributed by atoms with Crippen LogP contribution in [0.5, 0.6) is 0 Å². The van der Waals surface area contributed by atoms with E-state index in [-0.39, 0.29) is 12.5 Å². The minimum Gasteiger partial charge on any atom is -0.396 e. The smallest absolute Gasteiger partial charge is 0.238 e. The highest BCUT2D eigenvalue weighted by Crippen LogP contribution is 2.10. The normalized spacial score (nSPS) is 12.2. The van der Waals surface area contributed by atoms with Crippen LogP contribution in [0.3, 0.4) is 0 Å². The highest BCUT2D eigenvalue weighted by Gasteiger charge is 2.08. The Hall–Kier alpha value is -1.39. The fourth-order valence-electron chi connectivity index (χ4n) is 2.17. The van der Waals surface area contributed by atoms with Crippen molar-refractivity contribution in [3.8, 4) is 0 Å². The molecule has 0 saturated heterocycles. The zero-order valence-corrected chi connectivity index (χ0v) is 12.5. The standard InChI is InChI=1S/C16H26N2O2/c1-3-4-14(9-10-19)11-17-12-16(20)18-15-7-5-13(2)6-8-15/h5-8,14,17,19H,3-4,9-12H2,1-2H3,(H,18,20). The number of aryl methyl sites for hydroxylation is 1. The third-order valence-corrected chi connectivity index (χ3v) is 3.29. The Labute approximate surface area is 121 Å². The monoisotopic (exact) mass is 278 g/mol. The van der Waals surface area contributed by atoms with Gasteiger partial charge >= 0.3 is 0 Å². The van der Waals surface area contributed by atoms with E-state index in [2.05, 4.69) is 17.6 Å². The van der Waals surface area contributed by atoms with Gasteiger partial charge in [-0.2, -0.15) is 0 Å². The van der Waals surface area contributed by atoms with Crippen LogP contribution < -0.4 is 10.6 Å². The molecule has 1 rings (SSSR count). The van der Waals surface area contributed by atoms with Crippen molar-refractivity contribution in [3.05, 3.63) is 29.8 Å². The summed E-state index contributed by atoms with van der Waals surface area (Å²) in [4.78, 5) is 11.8. The molecular weight excluding hydrogens is 252 g/mol. The van der Waals surface area contributed by atoms with Crippen molar-refractivity contribution in [3.63, 3.8) is 0 Å². The molecule has 0 fully saturated rings. The van der Waals surface area contributed by atoms with Gasteiger partial charge in [-0.1, -0.05) is 31.0 Å². The van der Waals surface area contributed by atoms with Gasteiger partial charge in [0.25, 0.3) is 0 Å². The number of carbonyl (C=O) groups is 1. The van der Waals surface area contributed by atoms with Crippen molar-refractivity contribution >= 4 is 11.6 Å². The summed E-state index contributed by atoms with van der Waals surface area (Å²) in [6.45, 7) is 5.44. The number of hydrogen-bond donors (Lipinski definition) is 3. The van der Waals surface area contributed by atoms with Gasteiger partial charge in [0.05, 0.1) is 6.54 Å². The van der Waals surface area contributed by atoms with Crippen LogP contribution in [0.1, 0.15) is 31.7 Å². The van der Waals surface area contributed by atoms with E-state index in [1.165, 1.54) is 5.56 Å². The predicted octanol–water partition coefficient (Wildman–Crippen LogP) is 2.32. The van der Waals surface area contributed by atoms with Crippen LogP contribution in [0.15, 0.2) is 24.3 Å². The summed E-state index contributed by atoms with van der Waals surface area (Å²) < 4.78 is 0. The molecule has 0 aromatic heterocycles. The van der Waals surface area contributed by atoms with Gasteiger partial charge in [-0.05, 0) is 44.4 Å². The highest BCUT2D eigenvalue weighted by molar-refractivity contribution is 5.92. The topological polar surface area (TPSA) is 61.4 Å². The highest BCUT2D eigenvalue weighted by atomic mass is 16.3. The molecule has 0 spiro atoms. The summed E-state index contributed by atoms with van der Waals surface area (Å²) in [7, 11) is 0. The third kappa shape index (κ3) is 6.68. The molecule has 1 aromatic carbocycles. The first-order valence-corrected chi connectivity index (χ1v) is 7.33. The van der Waals surface area contributed by atoms with Crippen molar-refractivity contribution in [2.24, 2.45) is 5.92 Å². The van der Waals surface area contributed by atoms with E-state index < -0.39 is 0 Å². The van der Waals surface area contributed by atoms with Crippen molar-refractivity contribution in [1.29, 1.82) is 0 Å². The Kier molecular flexibility index (Phi) is 7.92. The summed E-state index contributed by atoms with van der Waals surface area (Å²) in [5.74, 6) is 0.408. The molecule has 4 nitrogen and oxygen atoms in total. The van der Waals surface area contributed by atoms with Gasteiger partial charge in [0.1, 0.15) is 0 Å². The van der Waals surface area contributed by atoms with Gasteiger partial charge in [-0.3, -0.25) is 4.79 Å².